The van der Waals surface area contributed by atoms with Gasteiger partial charge in [-0.2, -0.15) is 0 Å². The van der Waals surface area contributed by atoms with E-state index in [1.807, 2.05) is 0 Å². The Labute approximate surface area is 63.6 Å². The number of rotatable bonds is 6. The third-order valence-electron chi connectivity index (χ3n) is 1.71. The summed E-state index contributed by atoms with van der Waals surface area (Å²) in [5, 5.41) is 11.3. The molecule has 0 aliphatic rings. The highest BCUT2D eigenvalue weighted by molar-refractivity contribution is 4.53. The second-order valence-electron chi connectivity index (χ2n) is 2.84. The van der Waals surface area contributed by atoms with Gasteiger partial charge >= 0.3 is 0 Å². The zero-order valence-corrected chi connectivity index (χ0v) is 7.06. The number of hydrogen-bond acceptors (Lipinski definition) is 2. The van der Waals surface area contributed by atoms with Crippen LogP contribution in [0.2, 0.25) is 0 Å². The molecule has 0 aliphatic carbocycles. The molecule has 2 nitrogen and oxygen atoms in total. The average molecular weight is 145 g/mol. The van der Waals surface area contributed by atoms with E-state index in [0.717, 1.165) is 12.5 Å². The lowest BCUT2D eigenvalue weighted by atomic mass is 10.0. The van der Waals surface area contributed by atoms with Crippen LogP contribution in [0.25, 0.3) is 0 Å². The topological polar surface area (TPSA) is 32.3 Å². The SMILES string of the molecule is CCC[C@H](C)CCNCO. The smallest absolute Gasteiger partial charge is 0.0931 e. The first-order valence-corrected chi connectivity index (χ1v) is 4.12. The maximum atomic E-state index is 8.40. The highest BCUT2D eigenvalue weighted by atomic mass is 16.3. The lowest BCUT2D eigenvalue weighted by molar-refractivity contribution is 0.256. The van der Waals surface area contributed by atoms with E-state index in [-0.39, 0.29) is 6.73 Å². The first-order valence-electron chi connectivity index (χ1n) is 4.12. The second-order valence-corrected chi connectivity index (χ2v) is 2.84. The van der Waals surface area contributed by atoms with Crippen LogP contribution in [0.15, 0.2) is 0 Å². The fourth-order valence-electron chi connectivity index (χ4n) is 1.06. The predicted molar refractivity (Wildman–Crippen MR) is 43.8 cm³/mol. The molecule has 0 aromatic rings. The van der Waals surface area contributed by atoms with Crippen LogP contribution in [0.4, 0.5) is 0 Å². The van der Waals surface area contributed by atoms with E-state index in [0.29, 0.717) is 0 Å². The number of nitrogens with one attached hydrogen (secondary N) is 1. The molecule has 10 heavy (non-hydrogen) atoms. The predicted octanol–water partition coefficient (Wildman–Crippen LogP) is 1.35. The Hall–Kier alpha value is -0.0800. The van der Waals surface area contributed by atoms with Crippen LogP contribution in [0.3, 0.4) is 0 Å². The number of aliphatic hydroxyl groups is 1. The molecule has 2 N–H and O–H groups in total. The van der Waals surface area contributed by atoms with Gasteiger partial charge in [-0.1, -0.05) is 26.7 Å². The summed E-state index contributed by atoms with van der Waals surface area (Å²) in [6.45, 7) is 5.51. The van der Waals surface area contributed by atoms with Gasteiger partial charge in [-0.05, 0) is 18.9 Å². The van der Waals surface area contributed by atoms with Crippen LogP contribution in [0, 0.1) is 5.92 Å². The van der Waals surface area contributed by atoms with Crippen molar-refractivity contribution in [3.05, 3.63) is 0 Å². The first kappa shape index (κ1) is 9.92. The Balaban J connectivity index is 2.97. The third-order valence-corrected chi connectivity index (χ3v) is 1.71. The van der Waals surface area contributed by atoms with Crippen molar-refractivity contribution in [2.24, 2.45) is 5.92 Å². The summed E-state index contributed by atoms with van der Waals surface area (Å²) in [6, 6.07) is 0. The summed E-state index contributed by atoms with van der Waals surface area (Å²) in [5.41, 5.74) is 0. The number of hydrogen-bond donors (Lipinski definition) is 2. The molecule has 0 radical (unpaired) electrons. The quantitative estimate of drug-likeness (QED) is 0.437. The van der Waals surface area contributed by atoms with Gasteiger partial charge in [0.05, 0.1) is 6.73 Å². The summed E-state index contributed by atoms with van der Waals surface area (Å²) >= 11 is 0. The standard InChI is InChI=1S/C8H19NO/c1-3-4-8(2)5-6-9-7-10/h8-10H,3-7H2,1-2H3/t8-/m0/s1. The lowest BCUT2D eigenvalue weighted by Crippen LogP contribution is -2.17. The van der Waals surface area contributed by atoms with Gasteiger partial charge < -0.3 is 5.11 Å². The summed E-state index contributed by atoms with van der Waals surface area (Å²) in [7, 11) is 0. The van der Waals surface area contributed by atoms with Crippen molar-refractivity contribution < 1.29 is 5.11 Å². The van der Waals surface area contributed by atoms with Crippen molar-refractivity contribution in [3.63, 3.8) is 0 Å². The van der Waals surface area contributed by atoms with Crippen molar-refractivity contribution in [2.75, 3.05) is 13.3 Å². The fraction of sp³-hybridized carbons (Fsp3) is 1.00. The fourth-order valence-corrected chi connectivity index (χ4v) is 1.06. The van der Waals surface area contributed by atoms with Gasteiger partial charge in [0, 0.05) is 0 Å². The molecule has 0 amide bonds. The molecule has 0 aromatic heterocycles. The van der Waals surface area contributed by atoms with Crippen LogP contribution < -0.4 is 5.32 Å². The van der Waals surface area contributed by atoms with E-state index in [1.54, 1.807) is 0 Å². The summed E-state index contributed by atoms with van der Waals surface area (Å²) in [5.74, 6) is 0.795. The van der Waals surface area contributed by atoms with Crippen LogP contribution >= 0.6 is 0 Å². The van der Waals surface area contributed by atoms with E-state index < -0.39 is 0 Å². The minimum Gasteiger partial charge on any atom is -0.381 e. The van der Waals surface area contributed by atoms with E-state index in [1.165, 1.54) is 19.3 Å². The monoisotopic (exact) mass is 145 g/mol. The third kappa shape index (κ3) is 6.05. The van der Waals surface area contributed by atoms with Gasteiger partial charge in [0.25, 0.3) is 0 Å². The Morgan fingerprint density at radius 3 is 2.60 bits per heavy atom. The van der Waals surface area contributed by atoms with Gasteiger partial charge in [-0.15, -0.1) is 0 Å². The largest absolute Gasteiger partial charge is 0.381 e. The first-order chi connectivity index (χ1) is 4.81. The van der Waals surface area contributed by atoms with Crippen LogP contribution in [0.1, 0.15) is 33.1 Å². The van der Waals surface area contributed by atoms with Crippen molar-refractivity contribution >= 4 is 0 Å². The van der Waals surface area contributed by atoms with E-state index >= 15 is 0 Å². The highest BCUT2D eigenvalue weighted by Crippen LogP contribution is 2.07. The molecular weight excluding hydrogens is 126 g/mol. The van der Waals surface area contributed by atoms with Gasteiger partial charge in [-0.3, -0.25) is 5.32 Å². The van der Waals surface area contributed by atoms with Crippen molar-refractivity contribution in [3.8, 4) is 0 Å². The molecule has 0 bridgehead atoms. The zero-order valence-electron chi connectivity index (χ0n) is 7.06. The minimum atomic E-state index is 0.110. The van der Waals surface area contributed by atoms with Crippen LogP contribution in [0.5, 0.6) is 0 Å². The maximum Gasteiger partial charge on any atom is 0.0931 e. The van der Waals surface area contributed by atoms with Crippen LogP contribution in [-0.4, -0.2) is 18.4 Å². The molecule has 0 heterocycles. The van der Waals surface area contributed by atoms with Gasteiger partial charge in [0.2, 0.25) is 0 Å². The molecular formula is C8H19NO. The molecule has 0 aliphatic heterocycles. The molecule has 0 spiro atoms. The summed E-state index contributed by atoms with van der Waals surface area (Å²) in [6.07, 6.45) is 3.74. The number of aliphatic hydroxyl groups excluding tert-OH is 1. The Morgan fingerprint density at radius 1 is 1.40 bits per heavy atom. The Bertz CT molecular complexity index is 66.3. The summed E-state index contributed by atoms with van der Waals surface area (Å²) < 4.78 is 0. The van der Waals surface area contributed by atoms with Crippen LogP contribution in [-0.2, 0) is 0 Å². The van der Waals surface area contributed by atoms with Gasteiger partial charge in [0.1, 0.15) is 0 Å². The average Bonchev–Trinajstić information content (AvgIpc) is 1.89. The molecule has 2 heteroatoms. The maximum absolute atomic E-state index is 8.40. The lowest BCUT2D eigenvalue weighted by Gasteiger charge is -2.08. The van der Waals surface area contributed by atoms with Crippen molar-refractivity contribution in [1.82, 2.24) is 5.32 Å². The molecule has 0 saturated carbocycles. The zero-order chi connectivity index (χ0) is 7.82. The molecule has 0 rings (SSSR count). The van der Waals surface area contributed by atoms with Crippen molar-refractivity contribution in [1.29, 1.82) is 0 Å². The molecule has 62 valence electrons. The van der Waals surface area contributed by atoms with E-state index in [2.05, 4.69) is 19.2 Å². The molecule has 0 unspecified atom stereocenters. The molecule has 0 aromatic carbocycles. The Morgan fingerprint density at radius 2 is 2.10 bits per heavy atom. The Kier molecular flexibility index (Phi) is 6.98. The highest BCUT2D eigenvalue weighted by Gasteiger charge is 1.98. The van der Waals surface area contributed by atoms with Crippen molar-refractivity contribution in [2.45, 2.75) is 33.1 Å². The normalized spacial score (nSPS) is 13.5. The summed E-state index contributed by atoms with van der Waals surface area (Å²) in [4.78, 5) is 0. The molecule has 0 fully saturated rings. The second kappa shape index (κ2) is 7.03. The molecule has 1 atom stereocenters. The minimum absolute atomic E-state index is 0.110. The molecule has 0 saturated heterocycles. The van der Waals surface area contributed by atoms with Gasteiger partial charge in [-0.25, -0.2) is 0 Å². The van der Waals surface area contributed by atoms with Gasteiger partial charge in [0.15, 0.2) is 0 Å². The van der Waals surface area contributed by atoms with E-state index in [4.69, 9.17) is 5.11 Å². The van der Waals surface area contributed by atoms with E-state index in [9.17, 15) is 0 Å².